The molecule has 1 aromatic carbocycles. The third-order valence-corrected chi connectivity index (χ3v) is 3.11. The van der Waals surface area contributed by atoms with E-state index in [1.807, 2.05) is 6.92 Å². The van der Waals surface area contributed by atoms with Crippen LogP contribution in [-0.4, -0.2) is 17.4 Å². The van der Waals surface area contributed by atoms with E-state index in [2.05, 4.69) is 5.32 Å². The van der Waals surface area contributed by atoms with Crippen LogP contribution in [0.2, 0.25) is 0 Å². The van der Waals surface area contributed by atoms with Crippen molar-refractivity contribution in [2.75, 3.05) is 11.9 Å². The minimum atomic E-state index is -0.490. The van der Waals surface area contributed by atoms with Crippen molar-refractivity contribution in [1.29, 1.82) is 0 Å². The number of hydrogen-bond donors (Lipinski definition) is 2. The smallest absolute Gasteiger partial charge is 0.293 e. The molecule has 1 rings (SSSR count). The number of benzene rings is 1. The predicted molar refractivity (Wildman–Crippen MR) is 74.0 cm³/mol. The van der Waals surface area contributed by atoms with Crippen molar-refractivity contribution in [3.8, 4) is 0 Å². The average molecular weight is 265 g/mol. The van der Waals surface area contributed by atoms with Crippen molar-refractivity contribution in [2.45, 2.75) is 27.2 Å². The van der Waals surface area contributed by atoms with Crippen molar-refractivity contribution in [3.63, 3.8) is 0 Å². The Kier molecular flexibility index (Phi) is 5.00. The number of amides is 1. The van der Waals surface area contributed by atoms with Gasteiger partial charge in [-0.05, 0) is 44.0 Å². The standard InChI is InChI=1S/C13H19N3O3/c1-8(4-5-14)13(17)15-11-6-9(2)10(3)7-12(11)16(18)19/h6-8H,4-5,14H2,1-3H3,(H,15,17). The molecule has 1 atom stereocenters. The Morgan fingerprint density at radius 2 is 2.00 bits per heavy atom. The van der Waals surface area contributed by atoms with Crippen LogP contribution in [0.3, 0.4) is 0 Å². The van der Waals surface area contributed by atoms with Gasteiger partial charge in [-0.2, -0.15) is 0 Å². The summed E-state index contributed by atoms with van der Waals surface area (Å²) in [7, 11) is 0. The van der Waals surface area contributed by atoms with Gasteiger partial charge in [0.15, 0.2) is 0 Å². The van der Waals surface area contributed by atoms with Gasteiger partial charge in [-0.1, -0.05) is 6.92 Å². The molecule has 104 valence electrons. The quantitative estimate of drug-likeness (QED) is 0.629. The molecule has 0 saturated heterocycles. The maximum Gasteiger partial charge on any atom is 0.293 e. The van der Waals surface area contributed by atoms with Crippen LogP contribution in [0.1, 0.15) is 24.5 Å². The van der Waals surface area contributed by atoms with Gasteiger partial charge in [0.2, 0.25) is 5.91 Å². The fraction of sp³-hybridized carbons (Fsp3) is 0.462. The molecule has 19 heavy (non-hydrogen) atoms. The third kappa shape index (κ3) is 3.75. The normalized spacial score (nSPS) is 12.0. The van der Waals surface area contributed by atoms with Gasteiger partial charge in [0.1, 0.15) is 5.69 Å². The lowest BCUT2D eigenvalue weighted by Crippen LogP contribution is -2.23. The van der Waals surface area contributed by atoms with Gasteiger partial charge in [-0.3, -0.25) is 14.9 Å². The van der Waals surface area contributed by atoms with Crippen molar-refractivity contribution in [3.05, 3.63) is 33.4 Å². The van der Waals surface area contributed by atoms with Crippen LogP contribution >= 0.6 is 0 Å². The Labute approximate surface area is 112 Å². The van der Waals surface area contributed by atoms with Crippen LogP contribution in [0.5, 0.6) is 0 Å². The Hall–Kier alpha value is -1.95. The summed E-state index contributed by atoms with van der Waals surface area (Å²) in [6, 6.07) is 3.10. The first-order chi connectivity index (χ1) is 8.86. The maximum absolute atomic E-state index is 11.9. The van der Waals surface area contributed by atoms with Crippen LogP contribution < -0.4 is 11.1 Å². The molecule has 6 heteroatoms. The summed E-state index contributed by atoms with van der Waals surface area (Å²) in [5.74, 6) is -0.525. The number of rotatable bonds is 5. The zero-order chi connectivity index (χ0) is 14.6. The van der Waals surface area contributed by atoms with Gasteiger partial charge in [0.05, 0.1) is 4.92 Å². The fourth-order valence-electron chi connectivity index (χ4n) is 1.69. The molecule has 0 heterocycles. The van der Waals surface area contributed by atoms with Crippen LogP contribution in [0.4, 0.5) is 11.4 Å². The molecule has 3 N–H and O–H groups in total. The first-order valence-corrected chi connectivity index (χ1v) is 6.13. The van der Waals surface area contributed by atoms with E-state index in [-0.39, 0.29) is 23.2 Å². The zero-order valence-corrected chi connectivity index (χ0v) is 11.4. The molecule has 1 unspecified atom stereocenters. The van der Waals surface area contributed by atoms with Gasteiger partial charge in [-0.15, -0.1) is 0 Å². The minimum absolute atomic E-state index is 0.0867. The second-order valence-electron chi connectivity index (χ2n) is 4.68. The lowest BCUT2D eigenvalue weighted by atomic mass is 10.1. The summed E-state index contributed by atoms with van der Waals surface area (Å²) in [4.78, 5) is 22.4. The molecular formula is C13H19N3O3. The molecule has 0 aliphatic rings. The minimum Gasteiger partial charge on any atom is -0.330 e. The molecule has 0 saturated carbocycles. The SMILES string of the molecule is Cc1cc(NC(=O)C(C)CCN)c([N+](=O)[O-])cc1C. The molecule has 1 aromatic rings. The Balaban J connectivity index is 3.03. The number of carbonyl (C=O) groups excluding carboxylic acids is 1. The highest BCUT2D eigenvalue weighted by molar-refractivity contribution is 5.94. The number of anilines is 1. The van der Waals surface area contributed by atoms with Crippen molar-refractivity contribution in [1.82, 2.24) is 0 Å². The van der Waals surface area contributed by atoms with Crippen molar-refractivity contribution >= 4 is 17.3 Å². The molecule has 0 fully saturated rings. The number of carbonyl (C=O) groups is 1. The van der Waals surface area contributed by atoms with E-state index in [9.17, 15) is 14.9 Å². The third-order valence-electron chi connectivity index (χ3n) is 3.11. The molecule has 1 amide bonds. The lowest BCUT2D eigenvalue weighted by molar-refractivity contribution is -0.384. The van der Waals surface area contributed by atoms with Crippen LogP contribution in [0.15, 0.2) is 12.1 Å². The highest BCUT2D eigenvalue weighted by Gasteiger charge is 2.19. The van der Waals surface area contributed by atoms with Gasteiger partial charge in [0, 0.05) is 12.0 Å². The molecule has 0 radical (unpaired) electrons. The molecule has 0 spiro atoms. The second-order valence-corrected chi connectivity index (χ2v) is 4.68. The summed E-state index contributed by atoms with van der Waals surface area (Å²) in [5, 5.41) is 13.6. The molecule has 0 aromatic heterocycles. The average Bonchev–Trinajstić information content (AvgIpc) is 2.33. The summed E-state index contributed by atoms with van der Waals surface area (Å²) in [6.07, 6.45) is 0.546. The van der Waals surface area contributed by atoms with Crippen molar-refractivity contribution in [2.24, 2.45) is 11.7 Å². The molecule has 0 aliphatic heterocycles. The number of nitrogens with zero attached hydrogens (tertiary/aromatic N) is 1. The maximum atomic E-state index is 11.9. The Morgan fingerprint density at radius 3 is 2.53 bits per heavy atom. The van der Waals surface area contributed by atoms with Crippen molar-refractivity contribution < 1.29 is 9.72 Å². The predicted octanol–water partition coefficient (Wildman–Crippen LogP) is 2.14. The van der Waals surface area contributed by atoms with Crippen LogP contribution in [0, 0.1) is 29.9 Å². The van der Waals surface area contributed by atoms with E-state index in [1.165, 1.54) is 6.07 Å². The summed E-state index contributed by atoms with van der Waals surface area (Å²) in [6.45, 7) is 5.79. The van der Waals surface area contributed by atoms with E-state index in [4.69, 9.17) is 5.73 Å². The van der Waals surface area contributed by atoms with E-state index in [0.29, 0.717) is 13.0 Å². The van der Waals surface area contributed by atoms with Gasteiger partial charge >= 0.3 is 0 Å². The second kappa shape index (κ2) is 6.29. The van der Waals surface area contributed by atoms with Crippen LogP contribution in [0.25, 0.3) is 0 Å². The number of aryl methyl sites for hydroxylation is 2. The topological polar surface area (TPSA) is 98.3 Å². The zero-order valence-electron chi connectivity index (χ0n) is 11.4. The summed E-state index contributed by atoms with van der Waals surface area (Å²) < 4.78 is 0. The molecular weight excluding hydrogens is 246 g/mol. The lowest BCUT2D eigenvalue weighted by Gasteiger charge is -2.12. The van der Waals surface area contributed by atoms with Gasteiger partial charge in [0.25, 0.3) is 5.69 Å². The molecule has 0 bridgehead atoms. The monoisotopic (exact) mass is 265 g/mol. The number of nitro groups is 1. The van der Waals surface area contributed by atoms with Crippen LogP contribution in [-0.2, 0) is 4.79 Å². The van der Waals surface area contributed by atoms with E-state index >= 15 is 0 Å². The van der Waals surface area contributed by atoms with E-state index in [0.717, 1.165) is 11.1 Å². The van der Waals surface area contributed by atoms with E-state index in [1.54, 1.807) is 19.9 Å². The summed E-state index contributed by atoms with van der Waals surface area (Å²) >= 11 is 0. The summed E-state index contributed by atoms with van der Waals surface area (Å²) in [5.41, 5.74) is 7.26. The molecule has 6 nitrogen and oxygen atoms in total. The number of nitrogens with one attached hydrogen (secondary N) is 1. The molecule has 0 aliphatic carbocycles. The van der Waals surface area contributed by atoms with Gasteiger partial charge in [-0.25, -0.2) is 0 Å². The number of hydrogen-bond acceptors (Lipinski definition) is 4. The highest BCUT2D eigenvalue weighted by atomic mass is 16.6. The largest absolute Gasteiger partial charge is 0.330 e. The fourth-order valence-corrected chi connectivity index (χ4v) is 1.69. The Bertz CT molecular complexity index is 500. The first-order valence-electron chi connectivity index (χ1n) is 6.13. The number of nitro benzene ring substituents is 1. The highest BCUT2D eigenvalue weighted by Crippen LogP contribution is 2.28. The first kappa shape index (κ1) is 15.1. The number of nitrogens with two attached hydrogens (primary N) is 1. The van der Waals surface area contributed by atoms with Gasteiger partial charge < -0.3 is 11.1 Å². The van der Waals surface area contributed by atoms with E-state index < -0.39 is 4.92 Å². The Morgan fingerprint density at radius 1 is 1.42 bits per heavy atom.